The van der Waals surface area contributed by atoms with Crippen LogP contribution in [0.1, 0.15) is 44.6 Å². The van der Waals surface area contributed by atoms with E-state index in [2.05, 4.69) is 5.32 Å². The normalized spacial score (nSPS) is 13.8. The van der Waals surface area contributed by atoms with E-state index in [-0.39, 0.29) is 51.9 Å². The van der Waals surface area contributed by atoms with Gasteiger partial charge in [0, 0.05) is 29.1 Å². The maximum Gasteiger partial charge on any atom is 0.334 e. The van der Waals surface area contributed by atoms with Crippen LogP contribution in [0, 0.1) is 10.1 Å². The number of carbonyl (C=O) groups is 2. The van der Waals surface area contributed by atoms with Gasteiger partial charge in [0.05, 0.1) is 35.2 Å². The van der Waals surface area contributed by atoms with Crippen LogP contribution in [0.4, 0.5) is 5.69 Å². The SMILES string of the molecule is CC1=C(C(=O)O)C(c2cc([N+](=O)[O-])ccc2OCCCCCOc2ccc(O)cc2)C(C(=O)O)=C(C)N1. The Labute approximate surface area is 212 Å². The molecule has 196 valence electrons. The quantitative estimate of drug-likeness (QED) is 0.182. The number of hydrogen-bond donors (Lipinski definition) is 4. The van der Waals surface area contributed by atoms with Gasteiger partial charge in [0.2, 0.25) is 0 Å². The van der Waals surface area contributed by atoms with Crippen LogP contribution in [0.2, 0.25) is 0 Å². The van der Waals surface area contributed by atoms with Gasteiger partial charge >= 0.3 is 11.9 Å². The van der Waals surface area contributed by atoms with E-state index >= 15 is 0 Å². The van der Waals surface area contributed by atoms with Crippen molar-refractivity contribution < 1.29 is 39.3 Å². The van der Waals surface area contributed by atoms with Crippen LogP contribution in [0.3, 0.4) is 0 Å². The third-order valence-electron chi connectivity index (χ3n) is 5.89. The lowest BCUT2D eigenvalue weighted by molar-refractivity contribution is -0.384. The summed E-state index contributed by atoms with van der Waals surface area (Å²) in [7, 11) is 0. The van der Waals surface area contributed by atoms with Crippen molar-refractivity contribution >= 4 is 17.6 Å². The zero-order valence-corrected chi connectivity index (χ0v) is 20.4. The van der Waals surface area contributed by atoms with Gasteiger partial charge in [-0.2, -0.15) is 0 Å². The molecule has 0 aromatic heterocycles. The van der Waals surface area contributed by atoms with E-state index in [4.69, 9.17) is 9.47 Å². The molecule has 0 saturated carbocycles. The van der Waals surface area contributed by atoms with E-state index in [0.29, 0.717) is 18.8 Å². The van der Waals surface area contributed by atoms with Crippen LogP contribution in [0.25, 0.3) is 0 Å². The Morgan fingerprint density at radius 2 is 1.49 bits per heavy atom. The molecule has 1 aliphatic heterocycles. The number of non-ortho nitro benzene ring substituents is 1. The summed E-state index contributed by atoms with van der Waals surface area (Å²) in [5.41, 5.74) is -0.173. The van der Waals surface area contributed by atoms with Gasteiger partial charge in [0.1, 0.15) is 17.2 Å². The minimum Gasteiger partial charge on any atom is -0.508 e. The second-order valence-electron chi connectivity index (χ2n) is 8.48. The highest BCUT2D eigenvalue weighted by atomic mass is 16.6. The number of nitro benzene ring substituents is 1. The second-order valence-corrected chi connectivity index (χ2v) is 8.48. The standard InChI is InChI=1S/C26H28N2O9/c1-15-22(25(30)31)24(23(26(32)33)16(2)27-15)20-14-17(28(34)35)6-11-21(20)37-13-5-3-4-12-36-19-9-7-18(29)8-10-19/h6-11,14,24,27,29H,3-5,12-13H2,1-2H3,(H,30,31)(H,32,33). The van der Waals surface area contributed by atoms with Crippen molar-refractivity contribution in [2.75, 3.05) is 13.2 Å². The average molecular weight is 513 g/mol. The predicted molar refractivity (Wildman–Crippen MR) is 133 cm³/mol. The molecule has 1 heterocycles. The topological polar surface area (TPSA) is 168 Å². The van der Waals surface area contributed by atoms with E-state index < -0.39 is 22.8 Å². The number of nitrogens with one attached hydrogen (secondary N) is 1. The van der Waals surface area contributed by atoms with E-state index in [1.807, 2.05) is 0 Å². The lowest BCUT2D eigenvalue weighted by atomic mass is 9.80. The third-order valence-corrected chi connectivity index (χ3v) is 5.89. The highest BCUT2D eigenvalue weighted by Gasteiger charge is 2.38. The molecule has 0 unspecified atom stereocenters. The Morgan fingerprint density at radius 1 is 0.919 bits per heavy atom. The Morgan fingerprint density at radius 3 is 2.03 bits per heavy atom. The first-order chi connectivity index (χ1) is 17.6. The zero-order chi connectivity index (χ0) is 27.1. The second kappa shape index (κ2) is 11.9. The number of rotatable bonds is 12. The molecule has 0 amide bonds. The lowest BCUT2D eigenvalue weighted by Gasteiger charge is -2.29. The molecule has 4 N–H and O–H groups in total. The molecule has 1 aliphatic rings. The maximum absolute atomic E-state index is 12.1. The fourth-order valence-electron chi connectivity index (χ4n) is 4.17. The maximum atomic E-state index is 12.1. The molecular formula is C26H28N2O9. The van der Waals surface area contributed by atoms with Gasteiger partial charge < -0.3 is 30.1 Å². The van der Waals surface area contributed by atoms with Crippen molar-refractivity contribution in [3.05, 3.63) is 80.7 Å². The molecule has 11 heteroatoms. The Hall–Kier alpha value is -4.54. The first kappa shape index (κ1) is 27.1. The van der Waals surface area contributed by atoms with Crippen LogP contribution in [0.5, 0.6) is 17.2 Å². The number of aromatic hydroxyl groups is 1. The number of allylic oxidation sites excluding steroid dienone is 2. The van der Waals surface area contributed by atoms with Gasteiger partial charge in [0.15, 0.2) is 0 Å². The summed E-state index contributed by atoms with van der Waals surface area (Å²) in [6.45, 7) is 3.71. The van der Waals surface area contributed by atoms with Crippen LogP contribution in [-0.4, -0.2) is 45.4 Å². The largest absolute Gasteiger partial charge is 0.508 e. The number of hydrogen-bond acceptors (Lipinski definition) is 8. The van der Waals surface area contributed by atoms with Crippen LogP contribution >= 0.6 is 0 Å². The predicted octanol–water partition coefficient (Wildman–Crippen LogP) is 4.33. The molecule has 0 radical (unpaired) electrons. The molecule has 0 saturated heterocycles. The van der Waals surface area contributed by atoms with Crippen molar-refractivity contribution in [1.82, 2.24) is 5.32 Å². The first-order valence-corrected chi connectivity index (χ1v) is 11.6. The van der Waals surface area contributed by atoms with E-state index in [1.165, 1.54) is 44.2 Å². The summed E-state index contributed by atoms with van der Waals surface area (Å²) in [4.78, 5) is 35.1. The monoisotopic (exact) mass is 512 g/mol. The van der Waals surface area contributed by atoms with Crippen molar-refractivity contribution in [1.29, 1.82) is 0 Å². The number of dihydropyridines is 1. The van der Waals surface area contributed by atoms with Gasteiger partial charge in [-0.05, 0) is 63.4 Å². The molecule has 0 fully saturated rings. The van der Waals surface area contributed by atoms with Gasteiger partial charge in [-0.3, -0.25) is 10.1 Å². The number of carboxylic acid groups (broad SMARTS) is 2. The molecule has 0 aliphatic carbocycles. The molecule has 3 rings (SSSR count). The minimum atomic E-state index is -1.34. The Kier molecular flexibility index (Phi) is 8.72. The summed E-state index contributed by atoms with van der Waals surface area (Å²) in [6.07, 6.45) is 2.08. The number of ether oxygens (including phenoxy) is 2. The van der Waals surface area contributed by atoms with E-state index in [9.17, 15) is 35.0 Å². The van der Waals surface area contributed by atoms with Crippen molar-refractivity contribution in [2.24, 2.45) is 0 Å². The Balaban J connectivity index is 1.76. The average Bonchev–Trinajstić information content (AvgIpc) is 2.83. The molecule has 2 aromatic rings. The van der Waals surface area contributed by atoms with Crippen LogP contribution in [-0.2, 0) is 9.59 Å². The number of benzene rings is 2. The lowest BCUT2D eigenvalue weighted by Crippen LogP contribution is -2.31. The molecule has 0 bridgehead atoms. The van der Waals surface area contributed by atoms with E-state index in [1.54, 1.807) is 12.1 Å². The number of nitro groups is 1. The highest BCUT2D eigenvalue weighted by molar-refractivity contribution is 5.98. The zero-order valence-electron chi connectivity index (χ0n) is 20.4. The number of phenolic OH excluding ortho intramolecular Hbond substituents is 1. The summed E-state index contributed by atoms with van der Waals surface area (Å²) in [5, 5.41) is 43.3. The minimum absolute atomic E-state index is 0.0971. The van der Waals surface area contributed by atoms with Gasteiger partial charge in [-0.15, -0.1) is 0 Å². The number of unbranched alkanes of at least 4 members (excludes halogenated alkanes) is 2. The molecule has 11 nitrogen and oxygen atoms in total. The fraction of sp³-hybridized carbons (Fsp3) is 0.308. The number of aliphatic carboxylic acids is 2. The van der Waals surface area contributed by atoms with Crippen LogP contribution in [0.15, 0.2) is 65.0 Å². The van der Waals surface area contributed by atoms with Gasteiger partial charge in [0.25, 0.3) is 5.69 Å². The van der Waals surface area contributed by atoms with Crippen molar-refractivity contribution in [3.63, 3.8) is 0 Å². The summed E-state index contributed by atoms with van der Waals surface area (Å²) in [5.74, 6) is -2.98. The summed E-state index contributed by atoms with van der Waals surface area (Å²) in [6, 6.07) is 10.2. The fourth-order valence-corrected chi connectivity index (χ4v) is 4.17. The number of nitrogens with zero attached hydrogens (tertiary/aromatic N) is 1. The van der Waals surface area contributed by atoms with Crippen LogP contribution < -0.4 is 14.8 Å². The van der Waals surface area contributed by atoms with E-state index in [0.717, 1.165) is 12.8 Å². The molecular weight excluding hydrogens is 484 g/mol. The Bertz CT molecular complexity index is 1210. The molecule has 2 aromatic carbocycles. The van der Waals surface area contributed by atoms with Gasteiger partial charge in [-0.1, -0.05) is 0 Å². The summed E-state index contributed by atoms with van der Waals surface area (Å²) < 4.78 is 11.5. The van der Waals surface area contributed by atoms with Crippen molar-refractivity contribution in [3.8, 4) is 17.2 Å². The third kappa shape index (κ3) is 6.57. The molecule has 0 spiro atoms. The van der Waals surface area contributed by atoms with Crippen molar-refractivity contribution in [2.45, 2.75) is 39.0 Å². The number of carboxylic acids is 2. The first-order valence-electron chi connectivity index (χ1n) is 11.6. The number of phenols is 1. The smallest absolute Gasteiger partial charge is 0.334 e. The highest BCUT2D eigenvalue weighted by Crippen LogP contribution is 2.43. The molecule has 0 atom stereocenters. The molecule has 37 heavy (non-hydrogen) atoms. The van der Waals surface area contributed by atoms with Gasteiger partial charge in [-0.25, -0.2) is 9.59 Å². The summed E-state index contributed by atoms with van der Waals surface area (Å²) >= 11 is 0.